The van der Waals surface area contributed by atoms with Gasteiger partial charge in [-0.1, -0.05) is 77.9 Å². The second kappa shape index (κ2) is 6.40. The molecule has 0 aliphatic carbocycles. The summed E-state index contributed by atoms with van der Waals surface area (Å²) in [5, 5.41) is 0. The van der Waals surface area contributed by atoms with Gasteiger partial charge in [0.2, 0.25) is 5.89 Å². The fourth-order valence-electron chi connectivity index (χ4n) is 2.83. The third kappa shape index (κ3) is 3.11. The molecule has 1 aromatic heterocycles. The van der Waals surface area contributed by atoms with Crippen LogP contribution in [0.1, 0.15) is 11.1 Å². The molecule has 0 saturated carbocycles. The van der Waals surface area contributed by atoms with Gasteiger partial charge >= 0.3 is 0 Å². The maximum Gasteiger partial charge on any atom is 0.227 e. The highest BCUT2D eigenvalue weighted by Crippen LogP contribution is 2.36. The lowest BCUT2D eigenvalue weighted by Crippen LogP contribution is -1.83. The van der Waals surface area contributed by atoms with Crippen LogP contribution < -0.4 is 0 Å². The molecule has 0 radical (unpaired) electrons. The third-order valence-electron chi connectivity index (χ3n) is 4.29. The van der Waals surface area contributed by atoms with Crippen molar-refractivity contribution in [3.63, 3.8) is 0 Å². The van der Waals surface area contributed by atoms with E-state index in [1.807, 2.05) is 18.2 Å². The molecule has 0 aliphatic rings. The molecule has 0 atom stereocenters. The summed E-state index contributed by atoms with van der Waals surface area (Å²) in [5.74, 6) is 1.45. The summed E-state index contributed by atoms with van der Waals surface area (Å²) in [6, 6.07) is 26.8. The number of nitrogens with zero attached hydrogens (tertiary/aromatic N) is 1. The largest absolute Gasteiger partial charge is 0.435 e. The van der Waals surface area contributed by atoms with Crippen molar-refractivity contribution >= 4 is 0 Å². The Balaban J connectivity index is 1.89. The molecule has 4 aromatic rings. The van der Waals surface area contributed by atoms with Gasteiger partial charge < -0.3 is 4.42 Å². The fourth-order valence-corrected chi connectivity index (χ4v) is 2.83. The Kier molecular flexibility index (Phi) is 3.95. The summed E-state index contributed by atoms with van der Waals surface area (Å²) < 4.78 is 6.21. The average molecular weight is 325 g/mol. The number of aryl methyl sites for hydroxylation is 2. The second-order valence-corrected chi connectivity index (χ2v) is 6.29. The highest BCUT2D eigenvalue weighted by atomic mass is 16.4. The molecular weight excluding hydrogens is 306 g/mol. The number of hydrogen-bond donors (Lipinski definition) is 0. The molecule has 0 saturated heterocycles. The first-order valence-corrected chi connectivity index (χ1v) is 8.41. The van der Waals surface area contributed by atoms with Crippen LogP contribution in [0.2, 0.25) is 0 Å². The Labute approximate surface area is 147 Å². The molecule has 2 heteroatoms. The van der Waals surface area contributed by atoms with Crippen LogP contribution in [-0.4, -0.2) is 4.98 Å². The Morgan fingerprint density at radius 3 is 1.76 bits per heavy atom. The summed E-state index contributed by atoms with van der Waals surface area (Å²) >= 11 is 0. The van der Waals surface area contributed by atoms with Gasteiger partial charge in [0.1, 0.15) is 5.69 Å². The Morgan fingerprint density at radius 2 is 1.16 bits per heavy atom. The van der Waals surface area contributed by atoms with Gasteiger partial charge in [-0.3, -0.25) is 0 Å². The van der Waals surface area contributed by atoms with E-state index in [4.69, 9.17) is 9.40 Å². The Bertz CT molecular complexity index is 981. The summed E-state index contributed by atoms with van der Waals surface area (Å²) in [6.45, 7) is 4.16. The molecule has 122 valence electrons. The molecule has 0 amide bonds. The molecule has 0 aliphatic heterocycles. The topological polar surface area (TPSA) is 26.0 Å². The third-order valence-corrected chi connectivity index (χ3v) is 4.29. The van der Waals surface area contributed by atoms with E-state index in [1.54, 1.807) is 0 Å². The fraction of sp³-hybridized carbons (Fsp3) is 0.0870. The van der Waals surface area contributed by atoms with Gasteiger partial charge in [0.15, 0.2) is 5.76 Å². The van der Waals surface area contributed by atoms with Crippen molar-refractivity contribution in [1.82, 2.24) is 4.98 Å². The van der Waals surface area contributed by atoms with Crippen molar-refractivity contribution in [2.24, 2.45) is 0 Å². The van der Waals surface area contributed by atoms with E-state index in [2.05, 4.69) is 74.5 Å². The monoisotopic (exact) mass is 325 g/mol. The van der Waals surface area contributed by atoms with E-state index < -0.39 is 0 Å². The minimum Gasteiger partial charge on any atom is -0.435 e. The summed E-state index contributed by atoms with van der Waals surface area (Å²) in [6.07, 6.45) is 0. The quantitative estimate of drug-likeness (QED) is 0.442. The molecule has 0 bridgehead atoms. The first-order chi connectivity index (χ1) is 12.2. The zero-order valence-corrected chi connectivity index (χ0v) is 14.4. The van der Waals surface area contributed by atoms with E-state index in [1.165, 1.54) is 11.1 Å². The van der Waals surface area contributed by atoms with Crippen molar-refractivity contribution in [3.05, 3.63) is 90.0 Å². The van der Waals surface area contributed by atoms with E-state index in [0.717, 1.165) is 28.1 Å². The summed E-state index contributed by atoms with van der Waals surface area (Å²) in [5.41, 5.74) is 6.40. The zero-order valence-electron chi connectivity index (χ0n) is 14.4. The molecule has 1 heterocycles. The van der Waals surface area contributed by atoms with Crippen molar-refractivity contribution in [3.8, 4) is 34.0 Å². The first kappa shape index (κ1) is 15.4. The van der Waals surface area contributed by atoms with Gasteiger partial charge in [0, 0.05) is 16.7 Å². The van der Waals surface area contributed by atoms with Crippen molar-refractivity contribution in [1.29, 1.82) is 0 Å². The molecule has 2 nitrogen and oxygen atoms in total. The highest BCUT2D eigenvalue weighted by molar-refractivity contribution is 5.79. The number of aromatic nitrogens is 1. The normalized spacial score (nSPS) is 10.8. The number of hydrogen-bond acceptors (Lipinski definition) is 2. The Hall–Kier alpha value is -3.13. The van der Waals surface area contributed by atoms with Crippen LogP contribution in [0.4, 0.5) is 0 Å². The van der Waals surface area contributed by atoms with Gasteiger partial charge in [0.05, 0.1) is 0 Å². The molecule has 0 N–H and O–H groups in total. The van der Waals surface area contributed by atoms with Crippen LogP contribution in [0.5, 0.6) is 0 Å². The first-order valence-electron chi connectivity index (χ1n) is 8.41. The molecule has 3 aromatic carbocycles. The van der Waals surface area contributed by atoms with E-state index in [-0.39, 0.29) is 0 Å². The second-order valence-electron chi connectivity index (χ2n) is 6.29. The molecule has 4 rings (SSSR count). The van der Waals surface area contributed by atoms with E-state index >= 15 is 0 Å². The minimum absolute atomic E-state index is 0.648. The number of benzene rings is 3. The summed E-state index contributed by atoms with van der Waals surface area (Å²) in [4.78, 5) is 4.81. The number of rotatable bonds is 3. The molecular formula is C23H19NO. The van der Waals surface area contributed by atoms with Gasteiger partial charge in [0.25, 0.3) is 0 Å². The van der Waals surface area contributed by atoms with Gasteiger partial charge in [-0.25, -0.2) is 4.98 Å². The highest BCUT2D eigenvalue weighted by Gasteiger charge is 2.17. The van der Waals surface area contributed by atoms with Crippen LogP contribution in [-0.2, 0) is 0 Å². The Morgan fingerprint density at radius 1 is 0.600 bits per heavy atom. The lowest BCUT2D eigenvalue weighted by atomic mass is 10.0. The van der Waals surface area contributed by atoms with E-state index in [0.29, 0.717) is 5.89 Å². The maximum atomic E-state index is 6.21. The average Bonchev–Trinajstić information content (AvgIpc) is 3.09. The van der Waals surface area contributed by atoms with Crippen molar-refractivity contribution < 1.29 is 4.42 Å². The maximum absolute atomic E-state index is 6.21. The summed E-state index contributed by atoms with van der Waals surface area (Å²) in [7, 11) is 0. The van der Waals surface area contributed by atoms with Crippen LogP contribution in [0.15, 0.2) is 83.3 Å². The predicted octanol–water partition coefficient (Wildman–Crippen LogP) is 6.29. The molecule has 0 spiro atoms. The van der Waals surface area contributed by atoms with Gasteiger partial charge in [-0.05, 0) is 26.0 Å². The lowest BCUT2D eigenvalue weighted by Gasteiger charge is -2.02. The molecule has 0 fully saturated rings. The van der Waals surface area contributed by atoms with Gasteiger partial charge in [-0.2, -0.15) is 0 Å². The minimum atomic E-state index is 0.648. The van der Waals surface area contributed by atoms with E-state index in [9.17, 15) is 0 Å². The SMILES string of the molecule is Cc1ccc(-c2nc(-c3ccccc3)c(-c3ccc(C)cc3)o2)cc1. The van der Waals surface area contributed by atoms with Gasteiger partial charge in [-0.15, -0.1) is 0 Å². The van der Waals surface area contributed by atoms with Crippen molar-refractivity contribution in [2.75, 3.05) is 0 Å². The predicted molar refractivity (Wildman–Crippen MR) is 102 cm³/mol. The van der Waals surface area contributed by atoms with Crippen LogP contribution in [0.25, 0.3) is 34.0 Å². The lowest BCUT2D eigenvalue weighted by molar-refractivity contribution is 0.589. The smallest absolute Gasteiger partial charge is 0.227 e. The van der Waals surface area contributed by atoms with Crippen LogP contribution >= 0.6 is 0 Å². The molecule has 25 heavy (non-hydrogen) atoms. The molecule has 0 unspecified atom stereocenters. The van der Waals surface area contributed by atoms with Crippen LogP contribution in [0, 0.1) is 13.8 Å². The van der Waals surface area contributed by atoms with Crippen LogP contribution in [0.3, 0.4) is 0 Å². The van der Waals surface area contributed by atoms with Crippen molar-refractivity contribution in [2.45, 2.75) is 13.8 Å². The standard InChI is InChI=1S/C23H19NO/c1-16-8-12-19(13-9-16)22-21(18-6-4-3-5-7-18)24-23(25-22)20-14-10-17(2)11-15-20/h3-15H,1-2H3. The number of oxazole rings is 1. The zero-order chi connectivity index (χ0) is 17.2.